The highest BCUT2D eigenvalue weighted by Crippen LogP contribution is 2.33. The number of amides is 5. The highest BCUT2D eigenvalue weighted by atomic mass is 16.3. The Morgan fingerprint density at radius 2 is 1.67 bits per heavy atom. The molecule has 0 unspecified atom stereocenters. The lowest BCUT2D eigenvalue weighted by Gasteiger charge is -2.55. The van der Waals surface area contributed by atoms with Gasteiger partial charge in [0.25, 0.3) is 5.91 Å². The molecule has 286 valence electrons. The number of aromatic nitrogens is 1. The molecule has 1 aromatic heterocycles. The molecule has 4 aliphatic rings. The highest BCUT2D eigenvalue weighted by molar-refractivity contribution is 6.07. The summed E-state index contributed by atoms with van der Waals surface area (Å²) in [6, 6.07) is 21.4. The molecule has 13 nitrogen and oxygen atoms in total. The summed E-state index contributed by atoms with van der Waals surface area (Å²) < 4.78 is 1.96. The van der Waals surface area contributed by atoms with E-state index in [-0.39, 0.29) is 62.6 Å². The average Bonchev–Trinajstić information content (AvgIpc) is 3.99. The molecule has 0 radical (unpaired) electrons. The van der Waals surface area contributed by atoms with Crippen molar-refractivity contribution in [2.75, 3.05) is 45.8 Å². The van der Waals surface area contributed by atoms with Crippen molar-refractivity contribution in [1.29, 1.82) is 0 Å². The number of benzene rings is 3. The number of para-hydroxylation sites is 1. The van der Waals surface area contributed by atoms with Crippen LogP contribution in [-0.4, -0.2) is 127 Å². The van der Waals surface area contributed by atoms with Crippen molar-refractivity contribution in [3.63, 3.8) is 0 Å². The topological polar surface area (TPSA) is 125 Å². The van der Waals surface area contributed by atoms with Gasteiger partial charge < -0.3 is 29.7 Å². The van der Waals surface area contributed by atoms with Gasteiger partial charge in [0.05, 0.1) is 24.2 Å². The quantitative estimate of drug-likeness (QED) is 0.238. The monoisotopic (exact) mass is 744 g/mol. The maximum Gasteiger partial charge on any atom is 0.334 e. The Balaban J connectivity index is 1.11. The Morgan fingerprint density at radius 1 is 0.927 bits per heavy atom. The molecule has 4 aromatic rings. The lowest BCUT2D eigenvalue weighted by Crippen LogP contribution is -2.76. The second-order valence-corrected chi connectivity index (χ2v) is 15.0. The summed E-state index contributed by atoms with van der Waals surface area (Å²) in [7, 11) is 1.92. The minimum atomic E-state index is -0.912. The summed E-state index contributed by atoms with van der Waals surface area (Å²) in [4.78, 5) is 64.6. The molecule has 3 aromatic carbocycles. The lowest BCUT2D eigenvalue weighted by atomic mass is 9.98. The van der Waals surface area contributed by atoms with Crippen LogP contribution in [0.15, 0.2) is 91.6 Å². The van der Waals surface area contributed by atoms with Crippen LogP contribution >= 0.6 is 0 Å². The molecule has 3 saturated heterocycles. The number of aromatic hydroxyl groups is 1. The van der Waals surface area contributed by atoms with Crippen LogP contribution in [0.25, 0.3) is 10.9 Å². The van der Waals surface area contributed by atoms with E-state index in [1.165, 1.54) is 12.8 Å². The fraction of sp³-hybridized carbons (Fsp3) is 0.381. The van der Waals surface area contributed by atoms with Gasteiger partial charge in [-0.25, -0.2) is 14.8 Å². The van der Waals surface area contributed by atoms with Crippen molar-refractivity contribution >= 4 is 34.7 Å². The standard InChI is InChI=1S/C42H48N8O5/c1-3-18-48-28-38(52)49-36(23-29-12-16-33(51)17-13-29)41(54)47(27-37(49)50(48)42(55)43-24-30-8-5-4-6-9-30)25-31-10-7-11-34-35(26-44(2)39(31)34)40(53)46-21-19-45(20-22-46)32-14-15-32/h3-13,16-17,26,32,36-37,51H,1,14-15,18-25,27-28H2,2H3,(H,43,55)/t36-,37-/m0/s1. The summed E-state index contributed by atoms with van der Waals surface area (Å²) in [6.45, 7) is 7.77. The molecule has 13 heteroatoms. The molecule has 2 N–H and O–H groups in total. The van der Waals surface area contributed by atoms with Crippen molar-refractivity contribution < 1.29 is 24.3 Å². The third-order valence-electron chi connectivity index (χ3n) is 11.4. The Labute approximate surface area is 320 Å². The first kappa shape index (κ1) is 36.3. The molecule has 5 amide bonds. The number of carbonyl (C=O) groups is 4. The SMILES string of the molecule is C=CCN1CC(=O)N2[C@@H](Cc3ccc(O)cc3)C(=O)N(Cc3cccc4c(C(=O)N5CCN(C6CC6)CC5)cn(C)c34)C[C@@H]2N1C(=O)NCc1ccccc1. The predicted molar refractivity (Wildman–Crippen MR) is 207 cm³/mol. The molecule has 1 aliphatic carbocycles. The van der Waals surface area contributed by atoms with Crippen molar-refractivity contribution in [3.8, 4) is 5.75 Å². The van der Waals surface area contributed by atoms with E-state index >= 15 is 0 Å². The Morgan fingerprint density at radius 3 is 2.38 bits per heavy atom. The van der Waals surface area contributed by atoms with Gasteiger partial charge in [-0.15, -0.1) is 6.58 Å². The van der Waals surface area contributed by atoms with Gasteiger partial charge in [-0.05, 0) is 41.7 Å². The number of phenols is 1. The molecular formula is C42H48N8O5. The zero-order valence-corrected chi connectivity index (χ0v) is 31.2. The molecular weight excluding hydrogens is 697 g/mol. The summed E-state index contributed by atoms with van der Waals surface area (Å²) >= 11 is 0. The number of hydrogen-bond donors (Lipinski definition) is 2. The van der Waals surface area contributed by atoms with E-state index in [2.05, 4.69) is 16.8 Å². The summed E-state index contributed by atoms with van der Waals surface area (Å²) in [5.74, 6) is -0.392. The Hall–Kier alpha value is -5.66. The second kappa shape index (κ2) is 15.2. The van der Waals surface area contributed by atoms with E-state index in [0.29, 0.717) is 24.7 Å². The molecule has 0 spiro atoms. The number of fused-ring (bicyclic) bond motifs is 2. The zero-order valence-electron chi connectivity index (χ0n) is 31.2. The number of nitrogens with one attached hydrogen (secondary N) is 1. The van der Waals surface area contributed by atoms with E-state index in [1.54, 1.807) is 50.2 Å². The van der Waals surface area contributed by atoms with Crippen molar-refractivity contribution in [2.45, 2.75) is 50.6 Å². The van der Waals surface area contributed by atoms with Crippen LogP contribution in [0.2, 0.25) is 0 Å². The highest BCUT2D eigenvalue weighted by Gasteiger charge is 2.51. The Kier molecular flexibility index (Phi) is 10.1. The molecule has 1 saturated carbocycles. The number of carbonyl (C=O) groups excluding carboxylic acids is 4. The van der Waals surface area contributed by atoms with Gasteiger partial charge in [-0.1, -0.05) is 66.7 Å². The number of phenolic OH excluding ortho intramolecular Hbond substituents is 1. The first-order valence-electron chi connectivity index (χ1n) is 19.1. The fourth-order valence-electron chi connectivity index (χ4n) is 8.51. The molecule has 4 fully saturated rings. The van der Waals surface area contributed by atoms with Crippen LogP contribution in [0.3, 0.4) is 0 Å². The summed E-state index contributed by atoms with van der Waals surface area (Å²) in [6.07, 6.45) is 5.43. The molecule has 4 heterocycles. The van der Waals surface area contributed by atoms with Crippen LogP contribution in [0.1, 0.15) is 39.9 Å². The van der Waals surface area contributed by atoms with Crippen LogP contribution in [0.4, 0.5) is 4.79 Å². The third-order valence-corrected chi connectivity index (χ3v) is 11.4. The maximum absolute atomic E-state index is 14.7. The van der Waals surface area contributed by atoms with Gasteiger partial charge in [-0.2, -0.15) is 0 Å². The van der Waals surface area contributed by atoms with E-state index in [9.17, 15) is 24.3 Å². The van der Waals surface area contributed by atoms with Gasteiger partial charge >= 0.3 is 6.03 Å². The predicted octanol–water partition coefficient (Wildman–Crippen LogP) is 3.54. The molecule has 8 rings (SSSR count). The number of piperazine rings is 2. The van der Waals surface area contributed by atoms with Crippen molar-refractivity contribution in [2.24, 2.45) is 7.05 Å². The normalized spacial score (nSPS) is 20.9. The smallest absolute Gasteiger partial charge is 0.334 e. The average molecular weight is 745 g/mol. The number of rotatable bonds is 10. The molecule has 0 bridgehead atoms. The molecule has 55 heavy (non-hydrogen) atoms. The fourth-order valence-corrected chi connectivity index (χ4v) is 8.51. The van der Waals surface area contributed by atoms with Crippen LogP contribution in [-0.2, 0) is 36.1 Å². The van der Waals surface area contributed by atoms with E-state index in [4.69, 9.17) is 0 Å². The third kappa shape index (κ3) is 7.29. The van der Waals surface area contributed by atoms with Crippen molar-refractivity contribution in [3.05, 3.63) is 114 Å². The van der Waals surface area contributed by atoms with Crippen LogP contribution < -0.4 is 5.32 Å². The Bertz CT molecular complexity index is 2090. The minimum absolute atomic E-state index is 0.0111. The molecule has 3 aliphatic heterocycles. The van der Waals surface area contributed by atoms with Crippen LogP contribution in [0, 0.1) is 0 Å². The second-order valence-electron chi connectivity index (χ2n) is 15.0. The zero-order chi connectivity index (χ0) is 38.2. The van der Waals surface area contributed by atoms with Crippen LogP contribution in [0.5, 0.6) is 5.75 Å². The van der Waals surface area contributed by atoms with E-state index in [0.717, 1.165) is 40.7 Å². The number of hydrogen-bond acceptors (Lipinski definition) is 7. The van der Waals surface area contributed by atoms with E-state index in [1.807, 2.05) is 71.2 Å². The number of hydrazine groups is 1. The maximum atomic E-state index is 14.7. The largest absolute Gasteiger partial charge is 0.508 e. The first-order valence-corrected chi connectivity index (χ1v) is 19.1. The van der Waals surface area contributed by atoms with Gasteiger partial charge in [-0.3, -0.25) is 19.3 Å². The minimum Gasteiger partial charge on any atom is -0.508 e. The summed E-state index contributed by atoms with van der Waals surface area (Å²) in [5, 5.41) is 17.1. The number of aryl methyl sites for hydroxylation is 1. The van der Waals surface area contributed by atoms with Gasteiger partial charge in [0.2, 0.25) is 11.8 Å². The number of nitrogens with zero attached hydrogens (tertiary/aromatic N) is 7. The van der Waals surface area contributed by atoms with Gasteiger partial charge in [0, 0.05) is 76.9 Å². The summed E-state index contributed by atoms with van der Waals surface area (Å²) in [5.41, 5.74) is 4.05. The first-order chi connectivity index (χ1) is 26.7. The lowest BCUT2D eigenvalue weighted by molar-refractivity contribution is -0.189. The van der Waals surface area contributed by atoms with E-state index < -0.39 is 18.2 Å². The molecule has 2 atom stereocenters. The van der Waals surface area contributed by atoms with Crippen molar-refractivity contribution in [1.82, 2.24) is 39.5 Å². The number of urea groups is 1. The van der Waals surface area contributed by atoms with Gasteiger partial charge in [0.15, 0.2) is 0 Å². The van der Waals surface area contributed by atoms with Gasteiger partial charge in [0.1, 0.15) is 18.0 Å².